The van der Waals surface area contributed by atoms with Crippen LogP contribution in [0.4, 0.5) is 17.6 Å². The van der Waals surface area contributed by atoms with E-state index in [2.05, 4.69) is 10.5 Å². The summed E-state index contributed by atoms with van der Waals surface area (Å²) in [6, 6.07) is 18.2. The summed E-state index contributed by atoms with van der Waals surface area (Å²) in [6.45, 7) is 2.17. The third-order valence-corrected chi connectivity index (χ3v) is 5.38. The summed E-state index contributed by atoms with van der Waals surface area (Å²) in [5.41, 5.74) is 4.13. The lowest BCUT2D eigenvalue weighted by molar-refractivity contribution is -0.137. The van der Waals surface area contributed by atoms with Crippen molar-refractivity contribution in [1.82, 2.24) is 9.99 Å². The number of benzene rings is 3. The first-order chi connectivity index (χ1) is 15.8. The zero-order valence-corrected chi connectivity index (χ0v) is 17.5. The molecule has 8 heteroatoms. The minimum absolute atomic E-state index is 0.152. The van der Waals surface area contributed by atoms with E-state index in [1.165, 1.54) is 24.4 Å². The zero-order valence-electron chi connectivity index (χ0n) is 17.5. The Morgan fingerprint density at radius 3 is 2.52 bits per heavy atom. The number of para-hydroxylation sites is 1. The molecule has 0 aliphatic carbocycles. The molecule has 0 unspecified atom stereocenters. The van der Waals surface area contributed by atoms with Gasteiger partial charge in [-0.15, -0.1) is 0 Å². The molecule has 1 aromatic heterocycles. The third kappa shape index (κ3) is 4.64. The van der Waals surface area contributed by atoms with Crippen LogP contribution in [0.1, 0.15) is 32.7 Å². The predicted octanol–water partition coefficient (Wildman–Crippen LogP) is 5.92. The van der Waals surface area contributed by atoms with Crippen molar-refractivity contribution < 1.29 is 22.4 Å². The maximum absolute atomic E-state index is 14.2. The summed E-state index contributed by atoms with van der Waals surface area (Å²) in [7, 11) is 0. The Bertz CT molecular complexity index is 1360. The highest BCUT2D eigenvalue weighted by Gasteiger charge is 2.30. The molecular weight excluding hydrogens is 434 g/mol. The molecule has 33 heavy (non-hydrogen) atoms. The van der Waals surface area contributed by atoms with Gasteiger partial charge < -0.3 is 4.57 Å². The molecule has 0 bridgehead atoms. The van der Waals surface area contributed by atoms with Crippen molar-refractivity contribution in [3.05, 3.63) is 107 Å². The Hall–Kier alpha value is -3.94. The summed E-state index contributed by atoms with van der Waals surface area (Å²) in [5, 5.41) is 4.82. The van der Waals surface area contributed by atoms with Crippen molar-refractivity contribution in [2.45, 2.75) is 19.6 Å². The van der Waals surface area contributed by atoms with Crippen LogP contribution in [0.3, 0.4) is 0 Å². The number of alkyl halides is 3. The lowest BCUT2D eigenvalue weighted by Crippen LogP contribution is -2.18. The number of carbonyl (C=O) groups excluding carboxylic acids is 1. The van der Waals surface area contributed by atoms with Crippen molar-refractivity contribution in [2.24, 2.45) is 5.10 Å². The molecule has 1 heterocycles. The van der Waals surface area contributed by atoms with Crippen LogP contribution in [0, 0.1) is 12.7 Å². The third-order valence-electron chi connectivity index (χ3n) is 5.38. The topological polar surface area (TPSA) is 46.4 Å². The second-order valence-corrected chi connectivity index (χ2v) is 7.47. The van der Waals surface area contributed by atoms with Gasteiger partial charge >= 0.3 is 6.18 Å². The van der Waals surface area contributed by atoms with Crippen LogP contribution in [0.15, 0.2) is 77.9 Å². The van der Waals surface area contributed by atoms with E-state index in [-0.39, 0.29) is 11.4 Å². The minimum atomic E-state index is -4.54. The fourth-order valence-electron chi connectivity index (χ4n) is 3.68. The SMILES string of the molecule is Cc1c(/C=N\NC(=O)c2cccc(C(F)(F)F)c2)c2ccccc2n1Cc1ccccc1F. The van der Waals surface area contributed by atoms with Crippen LogP contribution in [0.5, 0.6) is 0 Å². The highest BCUT2D eigenvalue weighted by atomic mass is 19.4. The number of aromatic nitrogens is 1. The van der Waals surface area contributed by atoms with Gasteiger partial charge in [-0.3, -0.25) is 4.79 Å². The summed E-state index contributed by atoms with van der Waals surface area (Å²) in [5.74, 6) is -1.07. The number of fused-ring (bicyclic) bond motifs is 1. The molecule has 0 aliphatic rings. The summed E-state index contributed by atoms with van der Waals surface area (Å²) in [6.07, 6.45) is -3.10. The number of nitrogens with zero attached hydrogens (tertiary/aromatic N) is 2. The molecule has 4 nitrogen and oxygen atoms in total. The monoisotopic (exact) mass is 453 g/mol. The average Bonchev–Trinajstić information content (AvgIpc) is 3.06. The van der Waals surface area contributed by atoms with Gasteiger partial charge in [-0.25, -0.2) is 9.82 Å². The first-order valence-corrected chi connectivity index (χ1v) is 10.1. The summed E-state index contributed by atoms with van der Waals surface area (Å²) < 4.78 is 54.8. The lowest BCUT2D eigenvalue weighted by atomic mass is 10.1. The van der Waals surface area contributed by atoms with Crippen LogP contribution >= 0.6 is 0 Å². The Balaban J connectivity index is 1.61. The van der Waals surface area contributed by atoms with E-state index in [0.717, 1.165) is 28.7 Å². The van der Waals surface area contributed by atoms with Crippen LogP contribution in [0.2, 0.25) is 0 Å². The Kier molecular flexibility index (Phi) is 6.00. The van der Waals surface area contributed by atoms with E-state index in [1.807, 2.05) is 35.8 Å². The zero-order chi connectivity index (χ0) is 23.6. The summed E-state index contributed by atoms with van der Waals surface area (Å²) in [4.78, 5) is 12.3. The minimum Gasteiger partial charge on any atom is -0.340 e. The molecule has 0 fully saturated rings. The molecule has 0 saturated carbocycles. The number of hydrazone groups is 1. The molecule has 4 rings (SSSR count). The normalized spacial score (nSPS) is 11.9. The maximum Gasteiger partial charge on any atom is 0.416 e. The lowest BCUT2D eigenvalue weighted by Gasteiger charge is -2.09. The predicted molar refractivity (Wildman–Crippen MR) is 119 cm³/mol. The Labute approximate surface area is 187 Å². The second-order valence-electron chi connectivity index (χ2n) is 7.47. The van der Waals surface area contributed by atoms with Crippen LogP contribution in [0.25, 0.3) is 10.9 Å². The first kappa shape index (κ1) is 22.3. The van der Waals surface area contributed by atoms with Crippen molar-refractivity contribution in [2.75, 3.05) is 0 Å². The van der Waals surface area contributed by atoms with Gasteiger partial charge in [-0.2, -0.15) is 18.3 Å². The van der Waals surface area contributed by atoms with Gasteiger partial charge in [0.25, 0.3) is 5.91 Å². The van der Waals surface area contributed by atoms with E-state index in [1.54, 1.807) is 18.2 Å². The molecule has 0 aliphatic heterocycles. The maximum atomic E-state index is 14.2. The van der Waals surface area contributed by atoms with Crippen molar-refractivity contribution in [3.8, 4) is 0 Å². The van der Waals surface area contributed by atoms with Gasteiger partial charge in [0.05, 0.1) is 18.3 Å². The number of carbonyl (C=O) groups is 1. The van der Waals surface area contributed by atoms with Crippen LogP contribution in [-0.4, -0.2) is 16.7 Å². The summed E-state index contributed by atoms with van der Waals surface area (Å²) >= 11 is 0. The quantitative estimate of drug-likeness (QED) is 0.228. The Morgan fingerprint density at radius 1 is 1.03 bits per heavy atom. The number of rotatable bonds is 5. The van der Waals surface area contributed by atoms with Crippen molar-refractivity contribution in [3.63, 3.8) is 0 Å². The molecule has 0 radical (unpaired) electrons. The molecule has 1 amide bonds. The fraction of sp³-hybridized carbons (Fsp3) is 0.120. The highest BCUT2D eigenvalue weighted by molar-refractivity contribution is 6.02. The fourth-order valence-corrected chi connectivity index (χ4v) is 3.68. The average molecular weight is 453 g/mol. The largest absolute Gasteiger partial charge is 0.416 e. The van der Waals surface area contributed by atoms with Crippen LogP contribution < -0.4 is 5.43 Å². The number of halogens is 4. The highest BCUT2D eigenvalue weighted by Crippen LogP contribution is 2.29. The standard InChI is InChI=1S/C25H19F4N3O/c1-16-21(14-30-31-24(33)17-8-6-9-19(13-17)25(27,28)29)20-10-3-5-12-23(20)32(16)15-18-7-2-4-11-22(18)26/h2-14H,15H2,1H3,(H,31,33)/b30-14-. The molecule has 0 spiro atoms. The van der Waals surface area contributed by atoms with Crippen molar-refractivity contribution in [1.29, 1.82) is 0 Å². The number of amides is 1. The van der Waals surface area contributed by atoms with Gasteiger partial charge in [0.1, 0.15) is 5.82 Å². The molecule has 0 saturated heterocycles. The van der Waals surface area contributed by atoms with E-state index in [9.17, 15) is 22.4 Å². The van der Waals surface area contributed by atoms with Gasteiger partial charge in [0.2, 0.25) is 0 Å². The molecular formula is C25H19F4N3O. The van der Waals surface area contributed by atoms with Gasteiger partial charge in [-0.1, -0.05) is 42.5 Å². The van der Waals surface area contributed by atoms with Crippen molar-refractivity contribution >= 4 is 23.0 Å². The second kappa shape index (κ2) is 8.90. The molecule has 3 aromatic carbocycles. The van der Waals surface area contributed by atoms with E-state index in [4.69, 9.17) is 0 Å². The van der Waals surface area contributed by atoms with Crippen LogP contribution in [-0.2, 0) is 12.7 Å². The molecule has 168 valence electrons. The Morgan fingerprint density at radius 2 is 1.76 bits per heavy atom. The number of nitrogens with one attached hydrogen (secondary N) is 1. The smallest absolute Gasteiger partial charge is 0.340 e. The first-order valence-electron chi connectivity index (χ1n) is 10.1. The molecule has 1 N–H and O–H groups in total. The van der Waals surface area contributed by atoms with E-state index < -0.39 is 17.6 Å². The van der Waals surface area contributed by atoms with Gasteiger partial charge in [0, 0.05) is 33.3 Å². The number of hydrogen-bond acceptors (Lipinski definition) is 2. The number of hydrogen-bond donors (Lipinski definition) is 1. The van der Waals surface area contributed by atoms with E-state index in [0.29, 0.717) is 17.7 Å². The van der Waals surface area contributed by atoms with E-state index >= 15 is 0 Å². The molecule has 0 atom stereocenters. The van der Waals surface area contributed by atoms with Gasteiger partial charge in [-0.05, 0) is 37.3 Å². The van der Waals surface area contributed by atoms with Gasteiger partial charge in [0.15, 0.2) is 0 Å². The molecule has 4 aromatic rings.